The van der Waals surface area contributed by atoms with E-state index < -0.39 is 0 Å². The van der Waals surface area contributed by atoms with Crippen molar-refractivity contribution in [3.63, 3.8) is 0 Å². The Labute approximate surface area is 123 Å². The minimum atomic E-state index is 0.361. The Morgan fingerprint density at radius 1 is 1.20 bits per heavy atom. The third-order valence-corrected chi connectivity index (χ3v) is 4.32. The molecule has 2 unspecified atom stereocenters. The lowest BCUT2D eigenvalue weighted by molar-refractivity contribution is 0.0516. The van der Waals surface area contributed by atoms with Crippen LogP contribution in [0, 0.1) is 5.92 Å². The van der Waals surface area contributed by atoms with E-state index in [1.807, 2.05) is 7.11 Å². The first-order valence-corrected chi connectivity index (χ1v) is 8.00. The quantitative estimate of drug-likeness (QED) is 0.780. The standard InChI is InChI=1S/C18H29NO/c1-5-19-17(18(20-4)16-10-11-16)12-14-6-8-15(9-7-14)13(2)3/h6-9,13,16-19H,5,10-12H2,1-4H3. The van der Waals surface area contributed by atoms with Crippen molar-refractivity contribution in [1.29, 1.82) is 0 Å². The van der Waals surface area contributed by atoms with Gasteiger partial charge >= 0.3 is 0 Å². The number of ether oxygens (including phenoxy) is 1. The SMILES string of the molecule is CCNC(Cc1ccc(C(C)C)cc1)C(OC)C1CC1. The highest BCUT2D eigenvalue weighted by Gasteiger charge is 2.36. The molecule has 0 radical (unpaired) electrons. The number of nitrogens with one attached hydrogen (secondary N) is 1. The second-order valence-corrected chi connectivity index (χ2v) is 6.30. The van der Waals surface area contributed by atoms with E-state index in [2.05, 4.69) is 50.4 Å². The van der Waals surface area contributed by atoms with Crippen LogP contribution in [0.15, 0.2) is 24.3 Å². The Kier molecular flexibility index (Phi) is 5.62. The van der Waals surface area contributed by atoms with Crippen LogP contribution >= 0.6 is 0 Å². The molecule has 20 heavy (non-hydrogen) atoms. The van der Waals surface area contributed by atoms with Gasteiger partial charge in [-0.1, -0.05) is 45.0 Å². The minimum Gasteiger partial charge on any atom is -0.380 e. The Morgan fingerprint density at radius 3 is 2.30 bits per heavy atom. The Bertz CT molecular complexity index is 394. The first kappa shape index (κ1) is 15.5. The molecule has 1 N–H and O–H groups in total. The molecule has 1 aromatic rings. The molecule has 0 amide bonds. The highest BCUT2D eigenvalue weighted by atomic mass is 16.5. The molecular weight excluding hydrogens is 246 g/mol. The van der Waals surface area contributed by atoms with Gasteiger partial charge < -0.3 is 10.1 Å². The predicted octanol–water partition coefficient (Wildman–Crippen LogP) is 3.76. The van der Waals surface area contributed by atoms with Crippen molar-refractivity contribution in [1.82, 2.24) is 5.32 Å². The van der Waals surface area contributed by atoms with Gasteiger partial charge in [-0.05, 0) is 48.8 Å². The van der Waals surface area contributed by atoms with Crippen LogP contribution in [0.1, 0.15) is 50.7 Å². The molecule has 0 aromatic heterocycles. The molecule has 1 aliphatic carbocycles. The van der Waals surface area contributed by atoms with Crippen molar-refractivity contribution in [3.05, 3.63) is 35.4 Å². The van der Waals surface area contributed by atoms with Crippen LogP contribution in [-0.2, 0) is 11.2 Å². The molecule has 1 saturated carbocycles. The van der Waals surface area contributed by atoms with E-state index in [-0.39, 0.29) is 0 Å². The summed E-state index contributed by atoms with van der Waals surface area (Å²) in [6.07, 6.45) is 4.07. The summed E-state index contributed by atoms with van der Waals surface area (Å²) in [6.45, 7) is 7.66. The van der Waals surface area contributed by atoms with Crippen molar-refractivity contribution in [2.24, 2.45) is 5.92 Å². The van der Waals surface area contributed by atoms with Crippen molar-refractivity contribution < 1.29 is 4.74 Å². The van der Waals surface area contributed by atoms with Gasteiger partial charge in [0.15, 0.2) is 0 Å². The second-order valence-electron chi connectivity index (χ2n) is 6.30. The lowest BCUT2D eigenvalue weighted by Crippen LogP contribution is -2.43. The fourth-order valence-corrected chi connectivity index (χ4v) is 2.97. The minimum absolute atomic E-state index is 0.361. The maximum absolute atomic E-state index is 5.76. The molecule has 0 saturated heterocycles. The second kappa shape index (κ2) is 7.24. The first-order chi connectivity index (χ1) is 9.65. The van der Waals surface area contributed by atoms with Crippen LogP contribution in [0.5, 0.6) is 0 Å². The van der Waals surface area contributed by atoms with Crippen molar-refractivity contribution >= 4 is 0 Å². The monoisotopic (exact) mass is 275 g/mol. The Balaban J connectivity index is 2.02. The smallest absolute Gasteiger partial charge is 0.0755 e. The lowest BCUT2D eigenvalue weighted by atomic mass is 9.95. The third-order valence-electron chi connectivity index (χ3n) is 4.32. The van der Waals surface area contributed by atoms with Crippen LogP contribution in [0.2, 0.25) is 0 Å². The predicted molar refractivity (Wildman–Crippen MR) is 85.2 cm³/mol. The largest absolute Gasteiger partial charge is 0.380 e. The molecule has 2 heteroatoms. The number of hydrogen-bond acceptors (Lipinski definition) is 2. The van der Waals surface area contributed by atoms with Crippen molar-refractivity contribution in [2.45, 2.75) is 58.1 Å². The van der Waals surface area contributed by atoms with E-state index in [0.29, 0.717) is 18.1 Å². The summed E-state index contributed by atoms with van der Waals surface area (Å²) in [5.74, 6) is 1.37. The molecule has 2 rings (SSSR count). The molecular formula is C18H29NO. The molecule has 0 bridgehead atoms. The first-order valence-electron chi connectivity index (χ1n) is 8.00. The molecule has 0 spiro atoms. The maximum atomic E-state index is 5.76. The number of benzene rings is 1. The van der Waals surface area contributed by atoms with E-state index in [1.54, 1.807) is 0 Å². The van der Waals surface area contributed by atoms with Crippen LogP contribution in [-0.4, -0.2) is 25.8 Å². The van der Waals surface area contributed by atoms with Gasteiger partial charge in [-0.3, -0.25) is 0 Å². The summed E-state index contributed by atoms with van der Waals surface area (Å²) in [4.78, 5) is 0. The number of rotatable bonds is 8. The zero-order chi connectivity index (χ0) is 14.5. The molecule has 2 nitrogen and oxygen atoms in total. The summed E-state index contributed by atoms with van der Waals surface area (Å²) in [7, 11) is 1.86. The van der Waals surface area contributed by atoms with Gasteiger partial charge in [0.05, 0.1) is 6.10 Å². The molecule has 0 heterocycles. The highest BCUT2D eigenvalue weighted by molar-refractivity contribution is 5.25. The molecule has 1 aromatic carbocycles. The lowest BCUT2D eigenvalue weighted by Gasteiger charge is -2.27. The van der Waals surface area contributed by atoms with Crippen LogP contribution in [0.4, 0.5) is 0 Å². The number of hydrogen-bond donors (Lipinski definition) is 1. The summed E-state index contributed by atoms with van der Waals surface area (Å²) in [6, 6.07) is 9.52. The zero-order valence-corrected chi connectivity index (χ0v) is 13.4. The van der Waals surface area contributed by atoms with E-state index in [9.17, 15) is 0 Å². The average molecular weight is 275 g/mol. The van der Waals surface area contributed by atoms with Gasteiger partial charge in [0.2, 0.25) is 0 Å². The van der Waals surface area contributed by atoms with Crippen LogP contribution in [0.25, 0.3) is 0 Å². The number of methoxy groups -OCH3 is 1. The summed E-state index contributed by atoms with van der Waals surface area (Å²) in [5, 5.41) is 3.62. The topological polar surface area (TPSA) is 21.3 Å². The van der Waals surface area contributed by atoms with E-state index in [0.717, 1.165) is 18.9 Å². The van der Waals surface area contributed by atoms with Gasteiger partial charge in [0.1, 0.15) is 0 Å². The van der Waals surface area contributed by atoms with Crippen molar-refractivity contribution in [3.8, 4) is 0 Å². The van der Waals surface area contributed by atoms with Crippen molar-refractivity contribution in [2.75, 3.05) is 13.7 Å². The van der Waals surface area contributed by atoms with Gasteiger partial charge in [-0.2, -0.15) is 0 Å². The fourth-order valence-electron chi connectivity index (χ4n) is 2.97. The summed E-state index contributed by atoms with van der Waals surface area (Å²) >= 11 is 0. The zero-order valence-electron chi connectivity index (χ0n) is 13.4. The maximum Gasteiger partial charge on any atom is 0.0755 e. The van der Waals surface area contributed by atoms with Crippen LogP contribution in [0.3, 0.4) is 0 Å². The molecule has 2 atom stereocenters. The number of likely N-dealkylation sites (N-methyl/N-ethyl adjacent to an activating group) is 1. The van der Waals surface area contributed by atoms with Crippen LogP contribution < -0.4 is 5.32 Å². The summed E-state index contributed by atoms with van der Waals surface area (Å²) < 4.78 is 5.76. The van der Waals surface area contributed by atoms with E-state index in [4.69, 9.17) is 4.74 Å². The van der Waals surface area contributed by atoms with E-state index in [1.165, 1.54) is 24.0 Å². The van der Waals surface area contributed by atoms with Gasteiger partial charge in [0, 0.05) is 13.2 Å². The molecule has 1 fully saturated rings. The highest BCUT2D eigenvalue weighted by Crippen LogP contribution is 2.36. The van der Waals surface area contributed by atoms with E-state index >= 15 is 0 Å². The third kappa shape index (κ3) is 4.07. The van der Waals surface area contributed by atoms with Gasteiger partial charge in [0.25, 0.3) is 0 Å². The Morgan fingerprint density at radius 2 is 1.85 bits per heavy atom. The Hall–Kier alpha value is -0.860. The van der Waals surface area contributed by atoms with Gasteiger partial charge in [-0.15, -0.1) is 0 Å². The molecule has 112 valence electrons. The molecule has 1 aliphatic rings. The van der Waals surface area contributed by atoms with Gasteiger partial charge in [-0.25, -0.2) is 0 Å². The normalized spacial score (nSPS) is 18.2. The average Bonchev–Trinajstić information content (AvgIpc) is 3.25. The summed E-state index contributed by atoms with van der Waals surface area (Å²) in [5.41, 5.74) is 2.82. The molecule has 0 aliphatic heterocycles. The fraction of sp³-hybridized carbons (Fsp3) is 0.667.